The lowest BCUT2D eigenvalue weighted by atomic mass is 9.81. The third-order valence-corrected chi connectivity index (χ3v) is 2.79. The summed E-state index contributed by atoms with van der Waals surface area (Å²) < 4.78 is 5.46. The van der Waals surface area contributed by atoms with Crippen molar-refractivity contribution in [2.75, 3.05) is 6.61 Å². The Balaban J connectivity index is 2.02. The van der Waals surface area contributed by atoms with Gasteiger partial charge in [0.25, 0.3) is 0 Å². The molecule has 0 saturated heterocycles. The maximum absolute atomic E-state index is 9.83. The Bertz CT molecular complexity index is 391. The molecule has 0 heterocycles. The summed E-state index contributed by atoms with van der Waals surface area (Å²) in [6.07, 6.45) is 2.64. The van der Waals surface area contributed by atoms with Crippen LogP contribution < -0.4 is 4.74 Å². The summed E-state index contributed by atoms with van der Waals surface area (Å²) in [7, 11) is 0. The zero-order valence-electron chi connectivity index (χ0n) is 8.44. The summed E-state index contributed by atoms with van der Waals surface area (Å²) in [4.78, 5) is 0. The number of aliphatic hydroxyl groups is 1. The standard InChI is InChI=1S/C12H13NO2/c13-8-10-4-1-2-5-11(10)15-9-12(14)6-3-7-12/h1-2,4-5,14H,3,6-7,9H2. The highest BCUT2D eigenvalue weighted by atomic mass is 16.5. The second-order valence-corrected chi connectivity index (χ2v) is 3.97. The quantitative estimate of drug-likeness (QED) is 0.815. The van der Waals surface area contributed by atoms with Crippen LogP contribution in [0.3, 0.4) is 0 Å². The molecule has 3 nitrogen and oxygen atoms in total. The molecule has 0 bridgehead atoms. The van der Waals surface area contributed by atoms with Gasteiger partial charge in [-0.25, -0.2) is 0 Å². The minimum atomic E-state index is -0.664. The SMILES string of the molecule is N#Cc1ccccc1OCC1(O)CCC1. The molecule has 0 spiro atoms. The highest BCUT2D eigenvalue weighted by molar-refractivity contribution is 5.42. The molecule has 0 amide bonds. The van der Waals surface area contributed by atoms with Crippen molar-refractivity contribution in [1.82, 2.24) is 0 Å². The van der Waals surface area contributed by atoms with Crippen LogP contribution in [0.4, 0.5) is 0 Å². The molecule has 15 heavy (non-hydrogen) atoms. The largest absolute Gasteiger partial charge is 0.489 e. The number of para-hydroxylation sites is 1. The highest BCUT2D eigenvalue weighted by Gasteiger charge is 2.35. The predicted molar refractivity (Wildman–Crippen MR) is 55.5 cm³/mol. The van der Waals surface area contributed by atoms with Gasteiger partial charge >= 0.3 is 0 Å². The number of benzene rings is 1. The van der Waals surface area contributed by atoms with Gasteiger partial charge in [-0.2, -0.15) is 5.26 Å². The second-order valence-electron chi connectivity index (χ2n) is 3.97. The fourth-order valence-corrected chi connectivity index (χ4v) is 1.63. The fraction of sp³-hybridized carbons (Fsp3) is 0.417. The molecule has 2 rings (SSSR count). The van der Waals surface area contributed by atoms with Gasteiger partial charge in [0.2, 0.25) is 0 Å². The first kappa shape index (κ1) is 10.0. The molecule has 1 aliphatic carbocycles. The van der Waals surface area contributed by atoms with Crippen LogP contribution in [-0.2, 0) is 0 Å². The van der Waals surface area contributed by atoms with Gasteiger partial charge in [-0.3, -0.25) is 0 Å². The van der Waals surface area contributed by atoms with E-state index in [1.807, 2.05) is 6.07 Å². The molecular formula is C12H13NO2. The number of rotatable bonds is 3. The van der Waals surface area contributed by atoms with Crippen molar-refractivity contribution in [3.05, 3.63) is 29.8 Å². The van der Waals surface area contributed by atoms with Crippen molar-refractivity contribution >= 4 is 0 Å². The van der Waals surface area contributed by atoms with Crippen molar-refractivity contribution in [2.45, 2.75) is 24.9 Å². The molecule has 1 saturated carbocycles. The summed E-state index contributed by atoms with van der Waals surface area (Å²) >= 11 is 0. The van der Waals surface area contributed by atoms with Crippen LogP contribution in [0.2, 0.25) is 0 Å². The molecule has 1 fully saturated rings. The molecule has 0 aromatic heterocycles. The molecular weight excluding hydrogens is 190 g/mol. The maximum Gasteiger partial charge on any atom is 0.137 e. The Kier molecular flexibility index (Phi) is 2.61. The van der Waals surface area contributed by atoms with E-state index in [4.69, 9.17) is 10.00 Å². The van der Waals surface area contributed by atoms with Crippen LogP contribution in [0.25, 0.3) is 0 Å². The number of ether oxygens (including phenoxy) is 1. The Hall–Kier alpha value is -1.53. The summed E-state index contributed by atoms with van der Waals surface area (Å²) in [6, 6.07) is 9.14. The highest BCUT2D eigenvalue weighted by Crippen LogP contribution is 2.32. The molecule has 1 aromatic carbocycles. The average Bonchev–Trinajstić information content (AvgIpc) is 2.24. The van der Waals surface area contributed by atoms with Gasteiger partial charge in [0.05, 0.1) is 11.2 Å². The third kappa shape index (κ3) is 2.11. The van der Waals surface area contributed by atoms with Crippen LogP contribution in [0, 0.1) is 11.3 Å². The lowest BCUT2D eigenvalue weighted by molar-refractivity contribution is -0.0664. The van der Waals surface area contributed by atoms with Gasteiger partial charge in [0.15, 0.2) is 0 Å². The number of nitrogens with zero attached hydrogens (tertiary/aromatic N) is 1. The zero-order chi connectivity index (χ0) is 10.7. The average molecular weight is 203 g/mol. The van der Waals surface area contributed by atoms with E-state index in [2.05, 4.69) is 6.07 Å². The van der Waals surface area contributed by atoms with E-state index >= 15 is 0 Å². The second kappa shape index (κ2) is 3.92. The van der Waals surface area contributed by atoms with E-state index in [0.29, 0.717) is 11.3 Å². The van der Waals surface area contributed by atoms with Gasteiger partial charge in [0.1, 0.15) is 18.4 Å². The monoisotopic (exact) mass is 203 g/mol. The smallest absolute Gasteiger partial charge is 0.137 e. The first-order valence-electron chi connectivity index (χ1n) is 5.08. The van der Waals surface area contributed by atoms with Gasteiger partial charge in [-0.1, -0.05) is 12.1 Å². The predicted octanol–water partition coefficient (Wildman–Crippen LogP) is 1.85. The van der Waals surface area contributed by atoms with Crippen molar-refractivity contribution in [3.63, 3.8) is 0 Å². The number of hydrogen-bond acceptors (Lipinski definition) is 3. The Morgan fingerprint density at radius 1 is 1.40 bits per heavy atom. The van der Waals surface area contributed by atoms with E-state index < -0.39 is 5.60 Å². The summed E-state index contributed by atoms with van der Waals surface area (Å²) in [5.41, 5.74) is -0.150. The van der Waals surface area contributed by atoms with Crippen molar-refractivity contribution in [2.24, 2.45) is 0 Å². The Morgan fingerprint density at radius 2 is 2.13 bits per heavy atom. The summed E-state index contributed by atoms with van der Waals surface area (Å²) in [5, 5.41) is 18.7. The van der Waals surface area contributed by atoms with Crippen molar-refractivity contribution in [1.29, 1.82) is 5.26 Å². The van der Waals surface area contributed by atoms with Gasteiger partial charge < -0.3 is 9.84 Å². The zero-order valence-corrected chi connectivity index (χ0v) is 8.44. The Morgan fingerprint density at radius 3 is 2.73 bits per heavy atom. The summed E-state index contributed by atoms with van der Waals surface area (Å²) in [5.74, 6) is 0.556. The molecule has 0 unspecified atom stereocenters. The van der Waals surface area contributed by atoms with E-state index in [9.17, 15) is 5.11 Å². The lowest BCUT2D eigenvalue weighted by Gasteiger charge is -2.36. The molecule has 3 heteroatoms. The Labute approximate surface area is 88.9 Å². The third-order valence-electron chi connectivity index (χ3n) is 2.79. The van der Waals surface area contributed by atoms with Gasteiger partial charge in [-0.15, -0.1) is 0 Å². The first-order chi connectivity index (χ1) is 7.23. The molecule has 78 valence electrons. The van der Waals surface area contributed by atoms with Crippen LogP contribution in [0.15, 0.2) is 24.3 Å². The minimum absolute atomic E-state index is 0.283. The van der Waals surface area contributed by atoms with E-state index in [1.165, 1.54) is 0 Å². The topological polar surface area (TPSA) is 53.2 Å². The molecule has 0 atom stereocenters. The molecule has 1 aliphatic rings. The number of nitriles is 1. The minimum Gasteiger partial charge on any atom is -0.489 e. The first-order valence-corrected chi connectivity index (χ1v) is 5.08. The lowest BCUT2D eigenvalue weighted by Crippen LogP contribution is -2.42. The molecule has 0 aliphatic heterocycles. The maximum atomic E-state index is 9.83. The molecule has 1 N–H and O–H groups in total. The van der Waals surface area contributed by atoms with Crippen LogP contribution in [-0.4, -0.2) is 17.3 Å². The van der Waals surface area contributed by atoms with Crippen LogP contribution in [0.1, 0.15) is 24.8 Å². The number of hydrogen-bond donors (Lipinski definition) is 1. The molecule has 0 radical (unpaired) electrons. The van der Waals surface area contributed by atoms with Crippen LogP contribution >= 0.6 is 0 Å². The van der Waals surface area contributed by atoms with Gasteiger partial charge in [-0.05, 0) is 31.4 Å². The summed E-state index contributed by atoms with van der Waals surface area (Å²) in [6.45, 7) is 0.283. The van der Waals surface area contributed by atoms with Gasteiger partial charge in [0, 0.05) is 0 Å². The van der Waals surface area contributed by atoms with E-state index in [-0.39, 0.29) is 6.61 Å². The van der Waals surface area contributed by atoms with E-state index in [0.717, 1.165) is 19.3 Å². The fourth-order valence-electron chi connectivity index (χ4n) is 1.63. The van der Waals surface area contributed by atoms with E-state index in [1.54, 1.807) is 18.2 Å². The van der Waals surface area contributed by atoms with Crippen LogP contribution in [0.5, 0.6) is 5.75 Å². The van der Waals surface area contributed by atoms with Crippen molar-refractivity contribution < 1.29 is 9.84 Å². The normalized spacial score (nSPS) is 17.6. The molecule has 1 aromatic rings. The van der Waals surface area contributed by atoms with Crippen molar-refractivity contribution in [3.8, 4) is 11.8 Å².